The van der Waals surface area contributed by atoms with Gasteiger partial charge in [-0.1, -0.05) is 0 Å². The molecule has 0 radical (unpaired) electrons. The van der Waals surface area contributed by atoms with Gasteiger partial charge in [-0.2, -0.15) is 10.2 Å². The minimum Gasteiger partial charge on any atom is -0.466 e. The summed E-state index contributed by atoms with van der Waals surface area (Å²) in [6.07, 6.45) is 1.02. The third-order valence-corrected chi connectivity index (χ3v) is 5.91. The average Bonchev–Trinajstić information content (AvgIpc) is 2.77. The lowest BCUT2D eigenvalue weighted by atomic mass is 9.79. The van der Waals surface area contributed by atoms with Gasteiger partial charge in [-0.3, -0.25) is 19.4 Å². The Morgan fingerprint density at radius 1 is 1.24 bits per heavy atom. The van der Waals surface area contributed by atoms with Crippen LogP contribution in [-0.2, 0) is 14.3 Å². The van der Waals surface area contributed by atoms with Crippen LogP contribution < -0.4 is 15.8 Å². The fourth-order valence-corrected chi connectivity index (χ4v) is 4.35. The molecule has 2 aromatic rings. The van der Waals surface area contributed by atoms with Gasteiger partial charge in [0.05, 0.1) is 24.2 Å². The number of aromatic nitrogens is 2. The lowest BCUT2D eigenvalue weighted by Gasteiger charge is -2.33. The number of hydrogen-bond donors (Lipinski definition) is 2. The van der Waals surface area contributed by atoms with Gasteiger partial charge in [-0.25, -0.2) is 8.78 Å². The molecular formula is C22H21F2N5O4. The van der Waals surface area contributed by atoms with Crippen molar-refractivity contribution < 1.29 is 23.1 Å². The Kier molecular flexibility index (Phi) is 6.09. The number of ether oxygens (including phenoxy) is 1. The molecule has 2 atom stereocenters. The first kappa shape index (κ1) is 22.4. The van der Waals surface area contributed by atoms with Gasteiger partial charge in [0.1, 0.15) is 23.4 Å². The van der Waals surface area contributed by atoms with E-state index in [1.54, 1.807) is 11.8 Å². The van der Waals surface area contributed by atoms with Crippen LogP contribution >= 0.6 is 0 Å². The second-order valence-corrected chi connectivity index (χ2v) is 7.94. The number of nitrogens with zero attached hydrogens (tertiary/aromatic N) is 3. The third kappa shape index (κ3) is 4.28. The number of halogens is 2. The zero-order valence-electron chi connectivity index (χ0n) is 17.7. The maximum Gasteiger partial charge on any atom is 0.309 e. The molecule has 1 aromatic heterocycles. The summed E-state index contributed by atoms with van der Waals surface area (Å²) < 4.78 is 32.8. The molecular weight excluding hydrogens is 436 g/mol. The van der Waals surface area contributed by atoms with Crippen molar-refractivity contribution in [1.82, 2.24) is 9.97 Å². The second-order valence-electron chi connectivity index (χ2n) is 7.94. The SMILES string of the molecule is CCOC(=O)C1CCN(c2nc3c(c(=O)[nH]2)C(c2cc(F)cc(F)c2)C(C#N)C(=O)N3)CC1. The van der Waals surface area contributed by atoms with Gasteiger partial charge in [0, 0.05) is 25.1 Å². The number of fused-ring (bicyclic) bond motifs is 1. The maximum atomic E-state index is 13.9. The van der Waals surface area contributed by atoms with E-state index in [0.717, 1.165) is 12.1 Å². The first-order valence-corrected chi connectivity index (χ1v) is 10.5. The lowest BCUT2D eigenvalue weighted by Crippen LogP contribution is -2.41. The van der Waals surface area contributed by atoms with Crippen LogP contribution in [0.25, 0.3) is 0 Å². The van der Waals surface area contributed by atoms with E-state index >= 15 is 0 Å². The molecule has 2 aliphatic heterocycles. The molecule has 172 valence electrons. The van der Waals surface area contributed by atoms with Gasteiger partial charge in [-0.15, -0.1) is 0 Å². The molecule has 1 aromatic carbocycles. The van der Waals surface area contributed by atoms with Crippen molar-refractivity contribution in [2.24, 2.45) is 11.8 Å². The number of nitriles is 1. The monoisotopic (exact) mass is 457 g/mol. The van der Waals surface area contributed by atoms with Crippen molar-refractivity contribution in [2.45, 2.75) is 25.7 Å². The summed E-state index contributed by atoms with van der Waals surface area (Å²) in [5.74, 6) is -5.42. The van der Waals surface area contributed by atoms with E-state index < -0.39 is 34.9 Å². The highest BCUT2D eigenvalue weighted by molar-refractivity contribution is 5.98. The molecule has 33 heavy (non-hydrogen) atoms. The number of amides is 1. The molecule has 9 nitrogen and oxygen atoms in total. The molecule has 1 amide bonds. The minimum atomic E-state index is -1.37. The Morgan fingerprint density at radius 3 is 2.52 bits per heavy atom. The van der Waals surface area contributed by atoms with Crippen LogP contribution in [0, 0.1) is 34.8 Å². The number of nitrogens with one attached hydrogen (secondary N) is 2. The van der Waals surface area contributed by atoms with Gasteiger partial charge >= 0.3 is 5.97 Å². The number of anilines is 2. The average molecular weight is 457 g/mol. The first-order chi connectivity index (χ1) is 15.8. The van der Waals surface area contributed by atoms with E-state index in [9.17, 15) is 28.4 Å². The van der Waals surface area contributed by atoms with Crippen molar-refractivity contribution in [3.8, 4) is 6.07 Å². The van der Waals surface area contributed by atoms with E-state index in [1.165, 1.54) is 0 Å². The molecule has 0 bridgehead atoms. The quantitative estimate of drug-likeness (QED) is 0.673. The number of benzene rings is 1. The Hall–Kier alpha value is -3.81. The molecule has 11 heteroatoms. The summed E-state index contributed by atoms with van der Waals surface area (Å²) in [5, 5.41) is 12.0. The second kappa shape index (κ2) is 8.97. The van der Waals surface area contributed by atoms with Gasteiger partial charge in [-0.05, 0) is 37.5 Å². The Balaban J connectivity index is 1.69. The molecule has 0 saturated carbocycles. The highest BCUT2D eigenvalue weighted by Gasteiger charge is 2.41. The zero-order chi connectivity index (χ0) is 23.7. The van der Waals surface area contributed by atoms with Crippen LogP contribution in [0.3, 0.4) is 0 Å². The van der Waals surface area contributed by atoms with Gasteiger partial charge in [0.25, 0.3) is 5.56 Å². The molecule has 2 aliphatic rings. The number of H-pyrrole nitrogens is 1. The largest absolute Gasteiger partial charge is 0.466 e. The highest BCUT2D eigenvalue weighted by Crippen LogP contribution is 2.38. The van der Waals surface area contributed by atoms with E-state index in [4.69, 9.17) is 4.74 Å². The summed E-state index contributed by atoms with van der Waals surface area (Å²) in [4.78, 5) is 46.4. The molecule has 0 aliphatic carbocycles. The van der Waals surface area contributed by atoms with Crippen LogP contribution in [0.4, 0.5) is 20.5 Å². The third-order valence-electron chi connectivity index (χ3n) is 5.91. The van der Waals surface area contributed by atoms with Crippen LogP contribution in [-0.4, -0.2) is 41.5 Å². The van der Waals surface area contributed by atoms with Crippen LogP contribution in [0.5, 0.6) is 0 Å². The molecule has 0 spiro atoms. The molecule has 4 rings (SSSR count). The van der Waals surface area contributed by atoms with Crippen LogP contribution in [0.1, 0.15) is 36.8 Å². The summed E-state index contributed by atoms with van der Waals surface area (Å²) in [6, 6.07) is 4.48. The van der Waals surface area contributed by atoms with E-state index in [0.29, 0.717) is 38.6 Å². The molecule has 1 saturated heterocycles. The summed E-state index contributed by atoms with van der Waals surface area (Å²) in [5.41, 5.74) is -0.681. The van der Waals surface area contributed by atoms with E-state index in [-0.39, 0.29) is 34.8 Å². The van der Waals surface area contributed by atoms with Crippen molar-refractivity contribution in [3.05, 3.63) is 51.3 Å². The standard InChI is InChI=1S/C22H21F2N5O4/c1-2-33-21(32)11-3-5-29(6-4-11)22-27-18-17(20(31)28-22)16(15(10-25)19(30)26-18)12-7-13(23)9-14(24)8-12/h7-9,11,15-16H,2-6H2,1H3,(H2,26,27,28,30,31). The number of hydrogen-bond acceptors (Lipinski definition) is 7. The van der Waals surface area contributed by atoms with Crippen LogP contribution in [0.2, 0.25) is 0 Å². The highest BCUT2D eigenvalue weighted by atomic mass is 19.1. The normalized spacial score (nSPS) is 20.5. The molecule has 1 fully saturated rings. The van der Waals surface area contributed by atoms with Crippen molar-refractivity contribution in [1.29, 1.82) is 5.26 Å². The summed E-state index contributed by atoms with van der Waals surface area (Å²) in [6.45, 7) is 2.90. The Labute approximate surface area is 187 Å². The Morgan fingerprint density at radius 2 is 1.91 bits per heavy atom. The number of piperidine rings is 1. The molecule has 3 heterocycles. The fraction of sp³-hybridized carbons (Fsp3) is 0.409. The van der Waals surface area contributed by atoms with Gasteiger partial charge < -0.3 is 15.0 Å². The number of rotatable bonds is 4. The number of carbonyl (C=O) groups excluding carboxylic acids is 2. The van der Waals surface area contributed by atoms with E-state index in [2.05, 4.69) is 15.3 Å². The molecule has 2 N–H and O–H groups in total. The smallest absolute Gasteiger partial charge is 0.309 e. The van der Waals surface area contributed by atoms with Gasteiger partial charge in [0.2, 0.25) is 11.9 Å². The van der Waals surface area contributed by atoms with Crippen molar-refractivity contribution >= 4 is 23.6 Å². The lowest BCUT2D eigenvalue weighted by molar-refractivity contribution is -0.148. The predicted octanol–water partition coefficient (Wildman–Crippen LogP) is 2.05. The minimum absolute atomic E-state index is 0.00884. The summed E-state index contributed by atoms with van der Waals surface area (Å²) in [7, 11) is 0. The van der Waals surface area contributed by atoms with E-state index in [1.807, 2.05) is 6.07 Å². The zero-order valence-corrected chi connectivity index (χ0v) is 17.7. The topological polar surface area (TPSA) is 128 Å². The number of carbonyl (C=O) groups is 2. The maximum absolute atomic E-state index is 13.9. The fourth-order valence-electron chi connectivity index (χ4n) is 4.35. The number of aromatic amines is 1. The first-order valence-electron chi connectivity index (χ1n) is 10.5. The predicted molar refractivity (Wildman–Crippen MR) is 112 cm³/mol. The number of esters is 1. The van der Waals surface area contributed by atoms with Crippen molar-refractivity contribution in [3.63, 3.8) is 0 Å². The van der Waals surface area contributed by atoms with Crippen LogP contribution in [0.15, 0.2) is 23.0 Å². The van der Waals surface area contributed by atoms with Crippen molar-refractivity contribution in [2.75, 3.05) is 29.9 Å². The summed E-state index contributed by atoms with van der Waals surface area (Å²) >= 11 is 0. The Bertz CT molecular complexity index is 1180. The molecule has 2 unspecified atom stereocenters. The van der Waals surface area contributed by atoms with Gasteiger partial charge in [0.15, 0.2) is 0 Å².